The Labute approximate surface area is 91.5 Å². The quantitative estimate of drug-likeness (QED) is 0.636. The summed E-state index contributed by atoms with van der Waals surface area (Å²) >= 11 is 0. The van der Waals surface area contributed by atoms with Crippen LogP contribution < -0.4 is 0 Å². The van der Waals surface area contributed by atoms with Crippen LogP contribution in [0.5, 0.6) is 0 Å². The lowest BCUT2D eigenvalue weighted by atomic mass is 9.89. The number of aryl methyl sites for hydroxylation is 1. The molecule has 0 radical (unpaired) electrons. The van der Waals surface area contributed by atoms with Crippen LogP contribution >= 0.6 is 0 Å². The van der Waals surface area contributed by atoms with Gasteiger partial charge >= 0.3 is 0 Å². The maximum Gasteiger partial charge on any atom is 0.133 e. The van der Waals surface area contributed by atoms with Crippen LogP contribution in [0.25, 0.3) is 0 Å². The van der Waals surface area contributed by atoms with Gasteiger partial charge in [0.05, 0.1) is 0 Å². The Bertz CT molecular complexity index is 354. The van der Waals surface area contributed by atoms with E-state index < -0.39 is 0 Å². The van der Waals surface area contributed by atoms with Crippen molar-refractivity contribution in [2.75, 3.05) is 0 Å². The van der Waals surface area contributed by atoms with Crippen LogP contribution in [-0.2, 0) is 4.79 Å². The fourth-order valence-electron chi connectivity index (χ4n) is 2.50. The van der Waals surface area contributed by atoms with Gasteiger partial charge in [0.2, 0.25) is 0 Å². The van der Waals surface area contributed by atoms with E-state index in [1.54, 1.807) is 0 Å². The van der Waals surface area contributed by atoms with Crippen molar-refractivity contribution in [2.24, 2.45) is 0 Å². The first-order chi connectivity index (χ1) is 7.27. The maximum absolute atomic E-state index is 11.6. The van der Waals surface area contributed by atoms with E-state index in [0.717, 1.165) is 19.3 Å². The summed E-state index contributed by atoms with van der Waals surface area (Å²) < 4.78 is 0. The molecule has 1 nitrogen and oxygen atoms in total. The maximum atomic E-state index is 11.6. The lowest BCUT2D eigenvalue weighted by Crippen LogP contribution is -2.05. The van der Waals surface area contributed by atoms with E-state index in [1.165, 1.54) is 24.0 Å². The zero-order valence-corrected chi connectivity index (χ0v) is 9.33. The second-order valence-electron chi connectivity index (χ2n) is 4.54. The molecule has 0 amide bonds. The Morgan fingerprint density at radius 2 is 2.00 bits per heavy atom. The van der Waals surface area contributed by atoms with Crippen LogP contribution in [0.4, 0.5) is 0 Å². The van der Waals surface area contributed by atoms with E-state index in [9.17, 15) is 4.79 Å². The Morgan fingerprint density at radius 3 is 2.80 bits per heavy atom. The van der Waals surface area contributed by atoms with Gasteiger partial charge in [-0.15, -0.1) is 0 Å². The van der Waals surface area contributed by atoms with Crippen molar-refractivity contribution in [3.05, 3.63) is 35.4 Å². The highest BCUT2D eigenvalue weighted by Crippen LogP contribution is 2.31. The molecule has 1 aliphatic rings. The summed E-state index contributed by atoms with van der Waals surface area (Å²) in [6.07, 6.45) is 5.01. The van der Waals surface area contributed by atoms with Gasteiger partial charge in [-0.05, 0) is 36.8 Å². The molecule has 0 saturated heterocycles. The van der Waals surface area contributed by atoms with E-state index in [-0.39, 0.29) is 0 Å². The average molecular weight is 202 g/mol. The molecule has 1 aromatic carbocycles. The summed E-state index contributed by atoms with van der Waals surface area (Å²) in [5.74, 6) is 0.918. The molecule has 0 N–H and O–H groups in total. The normalized spacial score (nSPS) is 22.5. The van der Waals surface area contributed by atoms with Crippen molar-refractivity contribution >= 4 is 5.78 Å². The minimum Gasteiger partial charge on any atom is -0.300 e. The number of carbonyl (C=O) groups is 1. The molecule has 0 spiro atoms. The molecule has 0 heterocycles. The number of hydrogen-bond acceptors (Lipinski definition) is 1. The second kappa shape index (κ2) is 4.61. The zero-order chi connectivity index (χ0) is 10.7. The molecule has 1 aliphatic carbocycles. The predicted octanol–water partition coefficient (Wildman–Crippen LogP) is 3.61. The monoisotopic (exact) mass is 202 g/mol. The van der Waals surface area contributed by atoms with Gasteiger partial charge in [0.25, 0.3) is 0 Å². The fraction of sp³-hybridized carbons (Fsp3) is 0.500. The average Bonchev–Trinajstić information content (AvgIpc) is 2.43. The Morgan fingerprint density at radius 1 is 1.20 bits per heavy atom. The Balaban J connectivity index is 2.22. The van der Waals surface area contributed by atoms with Crippen molar-refractivity contribution in [1.29, 1.82) is 0 Å². The van der Waals surface area contributed by atoms with Gasteiger partial charge in [-0.3, -0.25) is 4.79 Å². The number of rotatable bonds is 1. The first-order valence-corrected chi connectivity index (χ1v) is 5.84. The fourth-order valence-corrected chi connectivity index (χ4v) is 2.50. The molecule has 0 aromatic heterocycles. The van der Waals surface area contributed by atoms with Gasteiger partial charge in [-0.25, -0.2) is 0 Å². The Hall–Kier alpha value is -1.11. The third-order valence-electron chi connectivity index (χ3n) is 3.36. The van der Waals surface area contributed by atoms with Crippen molar-refractivity contribution in [3.8, 4) is 0 Å². The minimum atomic E-state index is 0.445. The molecule has 0 unspecified atom stereocenters. The first kappa shape index (κ1) is 10.4. The van der Waals surface area contributed by atoms with E-state index >= 15 is 0 Å². The SMILES string of the molecule is Cc1ccccc1[C@H]1CCCCC(=O)C1. The summed E-state index contributed by atoms with van der Waals surface area (Å²) in [6, 6.07) is 8.47. The molecule has 1 fully saturated rings. The number of Topliss-reactive ketones (excluding diaryl/α,β-unsaturated/α-hetero) is 1. The minimum absolute atomic E-state index is 0.445. The molecule has 1 heteroatoms. The highest BCUT2D eigenvalue weighted by Gasteiger charge is 2.20. The third kappa shape index (κ3) is 2.47. The van der Waals surface area contributed by atoms with Crippen LogP contribution in [0.15, 0.2) is 24.3 Å². The topological polar surface area (TPSA) is 17.1 Å². The van der Waals surface area contributed by atoms with Crippen LogP contribution in [0.3, 0.4) is 0 Å². The van der Waals surface area contributed by atoms with Crippen LogP contribution in [0.1, 0.15) is 49.1 Å². The standard InChI is InChI=1S/C14H18O/c1-11-6-2-5-9-14(11)12-7-3-4-8-13(15)10-12/h2,5-6,9,12H,3-4,7-8,10H2,1H3/t12-/m0/s1. The van der Waals surface area contributed by atoms with Crippen LogP contribution in [-0.4, -0.2) is 5.78 Å². The lowest BCUT2D eigenvalue weighted by molar-refractivity contribution is -0.119. The van der Waals surface area contributed by atoms with Crippen LogP contribution in [0.2, 0.25) is 0 Å². The summed E-state index contributed by atoms with van der Waals surface area (Å²) in [7, 11) is 0. The Kier molecular flexibility index (Phi) is 3.20. The van der Waals surface area contributed by atoms with Crippen molar-refractivity contribution in [1.82, 2.24) is 0 Å². The van der Waals surface area contributed by atoms with E-state index in [2.05, 4.69) is 31.2 Å². The molecular weight excluding hydrogens is 184 g/mol. The summed E-state index contributed by atoms with van der Waals surface area (Å²) in [5.41, 5.74) is 2.71. The van der Waals surface area contributed by atoms with Crippen molar-refractivity contribution in [3.63, 3.8) is 0 Å². The van der Waals surface area contributed by atoms with Gasteiger partial charge in [0.15, 0.2) is 0 Å². The summed E-state index contributed by atoms with van der Waals surface area (Å²) in [6.45, 7) is 2.14. The summed E-state index contributed by atoms with van der Waals surface area (Å²) in [5, 5.41) is 0. The van der Waals surface area contributed by atoms with Crippen LogP contribution in [0, 0.1) is 6.92 Å². The molecular formula is C14H18O. The molecule has 1 aromatic rings. The van der Waals surface area contributed by atoms with Gasteiger partial charge < -0.3 is 0 Å². The largest absolute Gasteiger partial charge is 0.300 e. The molecule has 15 heavy (non-hydrogen) atoms. The molecule has 80 valence electrons. The van der Waals surface area contributed by atoms with Gasteiger partial charge in [-0.1, -0.05) is 30.7 Å². The predicted molar refractivity (Wildman–Crippen MR) is 62.0 cm³/mol. The number of ketones is 1. The lowest BCUT2D eigenvalue weighted by Gasteiger charge is -2.16. The van der Waals surface area contributed by atoms with Gasteiger partial charge in [-0.2, -0.15) is 0 Å². The second-order valence-corrected chi connectivity index (χ2v) is 4.54. The van der Waals surface area contributed by atoms with E-state index in [0.29, 0.717) is 11.7 Å². The number of hydrogen-bond donors (Lipinski definition) is 0. The third-order valence-corrected chi connectivity index (χ3v) is 3.36. The van der Waals surface area contributed by atoms with E-state index in [1.807, 2.05) is 0 Å². The smallest absolute Gasteiger partial charge is 0.133 e. The highest BCUT2D eigenvalue weighted by atomic mass is 16.1. The van der Waals surface area contributed by atoms with E-state index in [4.69, 9.17) is 0 Å². The number of benzene rings is 1. The molecule has 0 bridgehead atoms. The summed E-state index contributed by atoms with van der Waals surface area (Å²) in [4.78, 5) is 11.6. The molecule has 2 rings (SSSR count). The number of carbonyl (C=O) groups excluding carboxylic acids is 1. The van der Waals surface area contributed by atoms with Gasteiger partial charge in [0, 0.05) is 12.8 Å². The van der Waals surface area contributed by atoms with Crippen molar-refractivity contribution in [2.45, 2.75) is 44.9 Å². The highest BCUT2D eigenvalue weighted by molar-refractivity contribution is 5.79. The van der Waals surface area contributed by atoms with Gasteiger partial charge in [0.1, 0.15) is 5.78 Å². The van der Waals surface area contributed by atoms with Crippen molar-refractivity contribution < 1.29 is 4.79 Å². The zero-order valence-electron chi connectivity index (χ0n) is 9.33. The molecule has 1 saturated carbocycles. The molecule has 1 atom stereocenters. The first-order valence-electron chi connectivity index (χ1n) is 5.84. The molecule has 0 aliphatic heterocycles.